The molecule has 0 aliphatic carbocycles. The number of aryl methyl sites for hydroxylation is 1. The van der Waals surface area contributed by atoms with Crippen molar-refractivity contribution in [1.82, 2.24) is 10.2 Å². The van der Waals surface area contributed by atoms with E-state index >= 15 is 0 Å². The lowest BCUT2D eigenvalue weighted by molar-refractivity contribution is -0.123. The summed E-state index contributed by atoms with van der Waals surface area (Å²) < 4.78 is 13.9. The van der Waals surface area contributed by atoms with Crippen molar-refractivity contribution in [2.24, 2.45) is 0 Å². The second-order valence-electron chi connectivity index (χ2n) is 4.28. The minimum absolute atomic E-state index is 0.0495. The lowest BCUT2D eigenvalue weighted by Gasteiger charge is -2.27. The van der Waals surface area contributed by atoms with Crippen molar-refractivity contribution in [1.29, 1.82) is 0 Å². The number of hydrogen-bond acceptors (Lipinski definition) is 3. The van der Waals surface area contributed by atoms with Crippen LogP contribution in [0.1, 0.15) is 15.9 Å². The number of nitrogens with zero attached hydrogens (tertiary/aromatic N) is 1. The second kappa shape index (κ2) is 4.64. The van der Waals surface area contributed by atoms with Gasteiger partial charge in [-0.15, -0.1) is 0 Å². The molecule has 1 aromatic rings. The lowest BCUT2D eigenvalue weighted by Crippen LogP contribution is -2.50. The Bertz CT molecular complexity index is 516. The van der Waals surface area contributed by atoms with Gasteiger partial charge in [-0.1, -0.05) is 0 Å². The summed E-state index contributed by atoms with van der Waals surface area (Å²) in [6, 6.07) is 2.77. The van der Waals surface area contributed by atoms with E-state index in [1.54, 1.807) is 6.92 Å². The van der Waals surface area contributed by atoms with Crippen LogP contribution in [0, 0.1) is 12.7 Å². The van der Waals surface area contributed by atoms with Crippen LogP contribution in [-0.4, -0.2) is 36.3 Å². The molecule has 0 aromatic heterocycles. The average Bonchev–Trinajstić information content (AvgIpc) is 2.33. The van der Waals surface area contributed by atoms with E-state index in [0.717, 1.165) is 0 Å². The Labute approximate surface area is 104 Å². The van der Waals surface area contributed by atoms with E-state index in [1.807, 2.05) is 0 Å². The Morgan fingerprint density at radius 3 is 2.89 bits per heavy atom. The molecule has 0 radical (unpaired) electrons. The molecular weight excluding hydrogens is 237 g/mol. The second-order valence-corrected chi connectivity index (χ2v) is 4.28. The van der Waals surface area contributed by atoms with Gasteiger partial charge in [-0.05, 0) is 24.6 Å². The number of nitrogens with one attached hydrogen (secondary N) is 1. The summed E-state index contributed by atoms with van der Waals surface area (Å²) in [5.74, 6) is -1.33. The topological polar surface area (TPSA) is 75.4 Å². The molecule has 2 amide bonds. The Balaban J connectivity index is 2.31. The molecule has 5 nitrogen and oxygen atoms in total. The first kappa shape index (κ1) is 12.3. The summed E-state index contributed by atoms with van der Waals surface area (Å²) in [6.45, 7) is 2.25. The number of amides is 2. The highest BCUT2D eigenvalue weighted by Crippen LogP contribution is 2.19. The van der Waals surface area contributed by atoms with Gasteiger partial charge in [-0.3, -0.25) is 9.59 Å². The predicted molar refractivity (Wildman–Crippen MR) is 64.5 cm³/mol. The van der Waals surface area contributed by atoms with E-state index in [2.05, 4.69) is 5.32 Å². The molecule has 0 atom stereocenters. The number of benzene rings is 1. The highest BCUT2D eigenvalue weighted by molar-refractivity contribution is 5.98. The molecule has 18 heavy (non-hydrogen) atoms. The van der Waals surface area contributed by atoms with Crippen molar-refractivity contribution in [3.05, 3.63) is 29.1 Å². The lowest BCUT2D eigenvalue weighted by atomic mass is 10.1. The van der Waals surface area contributed by atoms with Crippen LogP contribution in [-0.2, 0) is 4.79 Å². The number of anilines is 1. The summed E-state index contributed by atoms with van der Waals surface area (Å²) >= 11 is 0. The molecule has 1 saturated heterocycles. The van der Waals surface area contributed by atoms with Crippen LogP contribution in [0.2, 0.25) is 0 Å². The molecule has 0 spiro atoms. The van der Waals surface area contributed by atoms with Gasteiger partial charge in [0.2, 0.25) is 5.91 Å². The van der Waals surface area contributed by atoms with Crippen molar-refractivity contribution in [2.45, 2.75) is 6.92 Å². The summed E-state index contributed by atoms with van der Waals surface area (Å²) in [4.78, 5) is 24.6. The summed E-state index contributed by atoms with van der Waals surface area (Å²) in [7, 11) is 0. The van der Waals surface area contributed by atoms with Gasteiger partial charge in [0.05, 0.1) is 12.1 Å². The van der Waals surface area contributed by atoms with Gasteiger partial charge in [0.25, 0.3) is 5.91 Å². The monoisotopic (exact) mass is 251 g/mol. The third kappa shape index (κ3) is 2.27. The first-order valence-corrected chi connectivity index (χ1v) is 5.60. The minimum atomic E-state index is -0.583. The van der Waals surface area contributed by atoms with Gasteiger partial charge >= 0.3 is 0 Å². The Morgan fingerprint density at radius 2 is 2.22 bits per heavy atom. The zero-order valence-electron chi connectivity index (χ0n) is 10.00. The fourth-order valence-electron chi connectivity index (χ4n) is 1.94. The number of carbonyl (C=O) groups is 2. The number of hydrogen-bond donors (Lipinski definition) is 2. The van der Waals surface area contributed by atoms with Gasteiger partial charge in [0, 0.05) is 18.8 Å². The third-order valence-electron chi connectivity index (χ3n) is 2.83. The quantitative estimate of drug-likeness (QED) is 0.704. The van der Waals surface area contributed by atoms with E-state index in [0.29, 0.717) is 24.3 Å². The van der Waals surface area contributed by atoms with Gasteiger partial charge in [0.1, 0.15) is 5.82 Å². The predicted octanol–water partition coefficient (Wildman–Crippen LogP) is 0.288. The number of carbonyl (C=O) groups excluding carboxylic acids is 2. The molecule has 1 aromatic carbocycles. The molecule has 6 heteroatoms. The first-order valence-electron chi connectivity index (χ1n) is 5.60. The summed E-state index contributed by atoms with van der Waals surface area (Å²) in [5.41, 5.74) is 6.18. The van der Waals surface area contributed by atoms with Gasteiger partial charge < -0.3 is 16.0 Å². The number of rotatable bonds is 1. The van der Waals surface area contributed by atoms with Crippen LogP contribution in [0.4, 0.5) is 10.1 Å². The minimum Gasteiger partial charge on any atom is -0.399 e. The maximum Gasteiger partial charge on any atom is 0.257 e. The zero-order valence-corrected chi connectivity index (χ0v) is 10.00. The normalized spacial score (nSPS) is 15.4. The van der Waals surface area contributed by atoms with Crippen LogP contribution in [0.25, 0.3) is 0 Å². The van der Waals surface area contributed by atoms with Crippen LogP contribution in [0.15, 0.2) is 12.1 Å². The molecule has 1 aliphatic heterocycles. The van der Waals surface area contributed by atoms with Crippen molar-refractivity contribution in [2.75, 3.05) is 25.4 Å². The molecule has 1 heterocycles. The number of piperazine rings is 1. The highest BCUT2D eigenvalue weighted by atomic mass is 19.1. The summed E-state index contributed by atoms with van der Waals surface area (Å²) in [6.07, 6.45) is 0. The van der Waals surface area contributed by atoms with E-state index in [9.17, 15) is 14.0 Å². The fourth-order valence-corrected chi connectivity index (χ4v) is 1.94. The Hall–Kier alpha value is -2.11. The molecule has 1 fully saturated rings. The van der Waals surface area contributed by atoms with Crippen LogP contribution in [0.5, 0.6) is 0 Å². The van der Waals surface area contributed by atoms with Crippen LogP contribution >= 0.6 is 0 Å². The highest BCUT2D eigenvalue weighted by Gasteiger charge is 2.25. The Kier molecular flexibility index (Phi) is 3.18. The molecular formula is C12H14FN3O2. The molecule has 2 rings (SSSR count). The van der Waals surface area contributed by atoms with Crippen LogP contribution < -0.4 is 11.1 Å². The standard InChI is InChI=1S/C12H14FN3O2/c1-7-4-8(14)5-9(11(7)13)12(18)16-3-2-15-10(17)6-16/h4-5H,2-3,6,14H2,1H3,(H,15,17). The van der Waals surface area contributed by atoms with E-state index < -0.39 is 11.7 Å². The van der Waals surface area contributed by atoms with Gasteiger partial charge in [-0.2, -0.15) is 0 Å². The summed E-state index contributed by atoms with van der Waals surface area (Å²) in [5, 5.41) is 2.60. The average molecular weight is 251 g/mol. The van der Waals surface area contributed by atoms with Gasteiger partial charge in [-0.25, -0.2) is 4.39 Å². The molecule has 96 valence electrons. The number of nitrogens with two attached hydrogens (primary N) is 1. The smallest absolute Gasteiger partial charge is 0.257 e. The molecule has 3 N–H and O–H groups in total. The van der Waals surface area contributed by atoms with E-state index in [4.69, 9.17) is 5.73 Å². The Morgan fingerprint density at radius 1 is 1.50 bits per heavy atom. The molecule has 1 aliphatic rings. The molecule has 0 unspecified atom stereocenters. The maximum atomic E-state index is 13.9. The molecule has 0 bridgehead atoms. The third-order valence-corrected chi connectivity index (χ3v) is 2.83. The molecule has 0 saturated carbocycles. The fraction of sp³-hybridized carbons (Fsp3) is 0.333. The van der Waals surface area contributed by atoms with E-state index in [1.165, 1.54) is 17.0 Å². The van der Waals surface area contributed by atoms with E-state index in [-0.39, 0.29) is 18.0 Å². The van der Waals surface area contributed by atoms with Crippen LogP contribution in [0.3, 0.4) is 0 Å². The maximum absolute atomic E-state index is 13.9. The van der Waals surface area contributed by atoms with Crippen molar-refractivity contribution in [3.8, 4) is 0 Å². The number of nitrogen functional groups attached to an aromatic ring is 1. The van der Waals surface area contributed by atoms with Crippen molar-refractivity contribution >= 4 is 17.5 Å². The van der Waals surface area contributed by atoms with Crippen molar-refractivity contribution in [3.63, 3.8) is 0 Å². The largest absolute Gasteiger partial charge is 0.399 e. The first-order chi connectivity index (χ1) is 8.49. The zero-order chi connectivity index (χ0) is 13.3. The SMILES string of the molecule is Cc1cc(N)cc(C(=O)N2CCNC(=O)C2)c1F. The van der Waals surface area contributed by atoms with Gasteiger partial charge in [0.15, 0.2) is 0 Å². The number of halogens is 1. The van der Waals surface area contributed by atoms with Crippen molar-refractivity contribution < 1.29 is 14.0 Å².